The van der Waals surface area contributed by atoms with Gasteiger partial charge in [-0.1, -0.05) is 13.8 Å². The van der Waals surface area contributed by atoms with E-state index < -0.39 is 28.9 Å². The van der Waals surface area contributed by atoms with Crippen LogP contribution in [0, 0.1) is 5.92 Å². The summed E-state index contributed by atoms with van der Waals surface area (Å²) in [5.41, 5.74) is -1.08. The Morgan fingerprint density at radius 2 is 1.90 bits per heavy atom. The lowest BCUT2D eigenvalue weighted by Crippen LogP contribution is -2.48. The Bertz CT molecular complexity index is 570. The van der Waals surface area contributed by atoms with Gasteiger partial charge in [0.15, 0.2) is 5.43 Å². The van der Waals surface area contributed by atoms with Crippen molar-refractivity contribution in [3.63, 3.8) is 0 Å². The zero-order valence-corrected chi connectivity index (χ0v) is 13.0. The highest BCUT2D eigenvalue weighted by Crippen LogP contribution is 2.12. The van der Waals surface area contributed by atoms with Crippen molar-refractivity contribution in [1.82, 2.24) is 10.3 Å². The van der Waals surface area contributed by atoms with Crippen LogP contribution < -0.4 is 10.7 Å². The Kier molecular flexibility index (Phi) is 5.29. The third-order valence-corrected chi connectivity index (χ3v) is 2.68. The van der Waals surface area contributed by atoms with Gasteiger partial charge < -0.3 is 15.0 Å². The number of hydrogen-bond donors (Lipinski definition) is 2. The van der Waals surface area contributed by atoms with Gasteiger partial charge >= 0.3 is 5.97 Å². The zero-order valence-electron chi connectivity index (χ0n) is 13.0. The van der Waals surface area contributed by atoms with Gasteiger partial charge in [-0.25, -0.2) is 4.79 Å². The van der Waals surface area contributed by atoms with Crippen molar-refractivity contribution in [2.45, 2.75) is 46.3 Å². The number of amides is 1. The highest BCUT2D eigenvalue weighted by Gasteiger charge is 2.29. The summed E-state index contributed by atoms with van der Waals surface area (Å²) >= 11 is 0. The molecule has 0 spiro atoms. The summed E-state index contributed by atoms with van der Waals surface area (Å²) in [4.78, 5) is 38.5. The zero-order chi connectivity index (χ0) is 16.2. The number of pyridine rings is 1. The Morgan fingerprint density at radius 3 is 2.38 bits per heavy atom. The summed E-state index contributed by atoms with van der Waals surface area (Å²) in [6, 6.07) is 0.448. The van der Waals surface area contributed by atoms with Crippen LogP contribution >= 0.6 is 0 Å². The Morgan fingerprint density at radius 1 is 1.29 bits per heavy atom. The van der Waals surface area contributed by atoms with Crippen molar-refractivity contribution < 1.29 is 14.3 Å². The molecular formula is C15H22N2O4. The van der Waals surface area contributed by atoms with Crippen molar-refractivity contribution in [2.75, 3.05) is 0 Å². The normalized spacial score (nSPS) is 12.9. The summed E-state index contributed by atoms with van der Waals surface area (Å²) in [6.45, 7) is 8.86. The van der Waals surface area contributed by atoms with E-state index in [4.69, 9.17) is 4.74 Å². The summed E-state index contributed by atoms with van der Waals surface area (Å²) in [6.07, 6.45) is 2.75. The first-order chi connectivity index (χ1) is 9.61. The first-order valence-corrected chi connectivity index (χ1v) is 6.82. The predicted molar refractivity (Wildman–Crippen MR) is 79.0 cm³/mol. The molecule has 0 saturated carbocycles. The van der Waals surface area contributed by atoms with Crippen LogP contribution in [0.25, 0.3) is 0 Å². The molecule has 1 atom stereocenters. The molecular weight excluding hydrogens is 272 g/mol. The van der Waals surface area contributed by atoms with E-state index in [2.05, 4.69) is 10.3 Å². The number of ether oxygens (including phenoxy) is 1. The van der Waals surface area contributed by atoms with E-state index in [0.29, 0.717) is 0 Å². The Balaban J connectivity index is 2.89. The summed E-state index contributed by atoms with van der Waals surface area (Å²) in [7, 11) is 0. The van der Waals surface area contributed by atoms with Gasteiger partial charge in [0, 0.05) is 18.5 Å². The maximum atomic E-state index is 12.1. The van der Waals surface area contributed by atoms with Crippen LogP contribution in [-0.4, -0.2) is 28.5 Å². The maximum absolute atomic E-state index is 12.1. The molecule has 2 N–H and O–H groups in total. The fourth-order valence-corrected chi connectivity index (χ4v) is 1.68. The molecule has 0 unspecified atom stereocenters. The van der Waals surface area contributed by atoms with E-state index in [-0.39, 0.29) is 11.5 Å². The van der Waals surface area contributed by atoms with Crippen molar-refractivity contribution in [2.24, 2.45) is 5.92 Å². The highest BCUT2D eigenvalue weighted by atomic mass is 16.6. The maximum Gasteiger partial charge on any atom is 0.329 e. The summed E-state index contributed by atoms with van der Waals surface area (Å²) in [5.74, 6) is -1.27. The van der Waals surface area contributed by atoms with Crippen LogP contribution in [0.5, 0.6) is 0 Å². The number of hydrogen-bond acceptors (Lipinski definition) is 4. The Hall–Kier alpha value is -2.11. The van der Waals surface area contributed by atoms with Crippen LogP contribution in [0.1, 0.15) is 45.0 Å². The highest BCUT2D eigenvalue weighted by molar-refractivity contribution is 5.96. The first-order valence-electron chi connectivity index (χ1n) is 6.82. The molecule has 6 nitrogen and oxygen atoms in total. The van der Waals surface area contributed by atoms with Gasteiger partial charge in [0.1, 0.15) is 17.2 Å². The standard InChI is InChI=1S/C15H22N2O4/c1-9(2)12(14(20)21-15(3,4)5)17-13(19)10-8-16-7-6-11(10)18/h6-9,12H,1-5H3,(H,16,18)(H,17,19)/t12-/m0/s1. The first kappa shape index (κ1) is 16.9. The molecule has 6 heteroatoms. The van der Waals surface area contributed by atoms with E-state index in [0.717, 1.165) is 0 Å². The molecule has 116 valence electrons. The average molecular weight is 294 g/mol. The van der Waals surface area contributed by atoms with Gasteiger partial charge in [-0.15, -0.1) is 0 Å². The molecule has 0 aromatic carbocycles. The van der Waals surface area contributed by atoms with Crippen LogP contribution in [0.15, 0.2) is 23.3 Å². The van der Waals surface area contributed by atoms with Gasteiger partial charge in [0.05, 0.1) is 0 Å². The van der Waals surface area contributed by atoms with Gasteiger partial charge in [-0.05, 0) is 26.7 Å². The monoisotopic (exact) mass is 294 g/mol. The van der Waals surface area contributed by atoms with Gasteiger partial charge in [-0.2, -0.15) is 0 Å². The fourth-order valence-electron chi connectivity index (χ4n) is 1.68. The third kappa shape index (κ3) is 5.06. The SMILES string of the molecule is CC(C)[C@H](NC(=O)c1c[nH]ccc1=O)C(=O)OC(C)(C)C. The summed E-state index contributed by atoms with van der Waals surface area (Å²) < 4.78 is 5.29. The number of rotatable bonds is 4. The van der Waals surface area contributed by atoms with Crippen molar-refractivity contribution >= 4 is 11.9 Å². The molecule has 0 aliphatic heterocycles. The van der Waals surface area contributed by atoms with Crippen LogP contribution in [0.4, 0.5) is 0 Å². The molecule has 1 heterocycles. The molecule has 0 radical (unpaired) electrons. The second kappa shape index (κ2) is 6.56. The van der Waals surface area contributed by atoms with Crippen LogP contribution in [0.2, 0.25) is 0 Å². The average Bonchev–Trinajstić information content (AvgIpc) is 2.33. The molecule has 0 saturated heterocycles. The van der Waals surface area contributed by atoms with Crippen LogP contribution in [0.3, 0.4) is 0 Å². The van der Waals surface area contributed by atoms with E-state index in [1.165, 1.54) is 18.5 Å². The smallest absolute Gasteiger partial charge is 0.329 e. The predicted octanol–water partition coefficient (Wildman–Crippen LogP) is 1.47. The van der Waals surface area contributed by atoms with Gasteiger partial charge in [0.25, 0.3) is 5.91 Å². The van der Waals surface area contributed by atoms with Crippen molar-refractivity contribution in [3.05, 3.63) is 34.2 Å². The number of aromatic nitrogens is 1. The van der Waals surface area contributed by atoms with Gasteiger partial charge in [0.2, 0.25) is 0 Å². The molecule has 1 amide bonds. The van der Waals surface area contributed by atoms with Crippen LogP contribution in [-0.2, 0) is 9.53 Å². The summed E-state index contributed by atoms with van der Waals surface area (Å²) in [5, 5.41) is 2.56. The lowest BCUT2D eigenvalue weighted by molar-refractivity contribution is -0.158. The number of nitrogens with one attached hydrogen (secondary N) is 2. The quantitative estimate of drug-likeness (QED) is 0.823. The van der Waals surface area contributed by atoms with Crippen molar-refractivity contribution in [1.29, 1.82) is 0 Å². The number of esters is 1. The lowest BCUT2D eigenvalue weighted by atomic mass is 10.0. The van der Waals surface area contributed by atoms with E-state index in [9.17, 15) is 14.4 Å². The van der Waals surface area contributed by atoms with E-state index in [1.807, 2.05) is 0 Å². The van der Waals surface area contributed by atoms with Crippen molar-refractivity contribution in [3.8, 4) is 0 Å². The van der Waals surface area contributed by atoms with Gasteiger partial charge in [-0.3, -0.25) is 9.59 Å². The molecule has 1 rings (SSSR count). The number of H-pyrrole nitrogens is 1. The van der Waals surface area contributed by atoms with E-state index in [1.54, 1.807) is 34.6 Å². The number of carbonyl (C=O) groups excluding carboxylic acids is 2. The second-order valence-corrected chi connectivity index (χ2v) is 6.15. The topological polar surface area (TPSA) is 88.3 Å². The molecule has 1 aromatic heterocycles. The lowest BCUT2D eigenvalue weighted by Gasteiger charge is -2.26. The minimum Gasteiger partial charge on any atom is -0.458 e. The van der Waals surface area contributed by atoms with E-state index >= 15 is 0 Å². The largest absolute Gasteiger partial charge is 0.458 e. The molecule has 0 aliphatic rings. The minimum atomic E-state index is -0.809. The molecule has 21 heavy (non-hydrogen) atoms. The molecule has 0 bridgehead atoms. The second-order valence-electron chi connectivity index (χ2n) is 6.15. The fraction of sp³-hybridized carbons (Fsp3) is 0.533. The number of carbonyl (C=O) groups is 2. The number of aromatic amines is 1. The molecule has 1 aromatic rings. The molecule has 0 aliphatic carbocycles. The third-order valence-electron chi connectivity index (χ3n) is 2.68. The minimum absolute atomic E-state index is 0.0355. The molecule has 0 fully saturated rings. The Labute approximate surface area is 123 Å².